The third-order valence-corrected chi connectivity index (χ3v) is 3.94. The van der Waals surface area contributed by atoms with E-state index < -0.39 is 0 Å². The van der Waals surface area contributed by atoms with E-state index in [2.05, 4.69) is 0 Å². The van der Waals surface area contributed by atoms with Crippen molar-refractivity contribution >= 4 is 17.2 Å². The maximum atomic E-state index is 12.4. The molecule has 0 fully saturated rings. The van der Waals surface area contributed by atoms with E-state index in [1.807, 2.05) is 46.8 Å². The van der Waals surface area contributed by atoms with Crippen molar-refractivity contribution < 1.29 is 14.3 Å². The van der Waals surface area contributed by atoms with Gasteiger partial charge in [0.15, 0.2) is 11.5 Å². The smallest absolute Gasteiger partial charge is 0.254 e. The highest BCUT2D eigenvalue weighted by Crippen LogP contribution is 2.28. The van der Waals surface area contributed by atoms with Gasteiger partial charge >= 0.3 is 0 Å². The number of methoxy groups -OCH3 is 2. The maximum absolute atomic E-state index is 12.4. The molecule has 0 aliphatic heterocycles. The Morgan fingerprint density at radius 1 is 1.19 bits per heavy atom. The Morgan fingerprint density at radius 3 is 2.52 bits per heavy atom. The summed E-state index contributed by atoms with van der Waals surface area (Å²) in [7, 11) is 3.21. The zero-order valence-electron chi connectivity index (χ0n) is 12.5. The highest BCUT2D eigenvalue weighted by Gasteiger charge is 2.15. The molecule has 112 valence electrons. The van der Waals surface area contributed by atoms with E-state index in [9.17, 15) is 4.79 Å². The topological polar surface area (TPSA) is 38.8 Å². The number of benzene rings is 1. The molecule has 1 aromatic carbocycles. The van der Waals surface area contributed by atoms with Gasteiger partial charge in [0.1, 0.15) is 0 Å². The number of hydrogen-bond donors (Lipinski definition) is 0. The molecule has 0 bridgehead atoms. The van der Waals surface area contributed by atoms with E-state index in [4.69, 9.17) is 9.47 Å². The number of nitrogens with zero attached hydrogens (tertiary/aromatic N) is 1. The van der Waals surface area contributed by atoms with Crippen LogP contribution in [0.1, 0.15) is 22.8 Å². The first-order valence-corrected chi connectivity index (χ1v) is 7.66. The highest BCUT2D eigenvalue weighted by molar-refractivity contribution is 7.08. The fraction of sp³-hybridized carbons (Fsp3) is 0.312. The maximum Gasteiger partial charge on any atom is 0.254 e. The molecule has 4 nitrogen and oxygen atoms in total. The summed E-state index contributed by atoms with van der Waals surface area (Å²) < 4.78 is 10.5. The molecule has 2 rings (SSSR count). The molecule has 0 saturated heterocycles. The first-order chi connectivity index (χ1) is 10.2. The number of amides is 1. The van der Waals surface area contributed by atoms with E-state index in [0.717, 1.165) is 11.1 Å². The lowest BCUT2D eigenvalue weighted by molar-refractivity contribution is 0.0753. The normalized spacial score (nSPS) is 10.2. The Bertz CT molecular complexity index is 596. The van der Waals surface area contributed by atoms with Gasteiger partial charge in [0.25, 0.3) is 5.91 Å². The summed E-state index contributed by atoms with van der Waals surface area (Å²) in [6.45, 7) is 3.18. The summed E-state index contributed by atoms with van der Waals surface area (Å²) in [6.07, 6.45) is 0. The number of thiophene rings is 1. The summed E-state index contributed by atoms with van der Waals surface area (Å²) in [5, 5.41) is 3.79. The predicted octanol–water partition coefficient (Wildman–Crippen LogP) is 3.43. The molecule has 1 aromatic heterocycles. The molecule has 0 N–H and O–H groups in total. The first-order valence-electron chi connectivity index (χ1n) is 6.72. The SMILES string of the molecule is CCN(Cc1ccc(OC)c(OC)c1)C(=O)c1ccsc1. The minimum atomic E-state index is 0.0496. The van der Waals surface area contributed by atoms with Crippen LogP contribution in [0.15, 0.2) is 35.0 Å². The average Bonchev–Trinajstić information content (AvgIpc) is 3.06. The van der Waals surface area contributed by atoms with Gasteiger partial charge in [-0.15, -0.1) is 0 Å². The van der Waals surface area contributed by atoms with Crippen LogP contribution in [-0.2, 0) is 6.54 Å². The van der Waals surface area contributed by atoms with Gasteiger partial charge in [-0.1, -0.05) is 6.07 Å². The molecule has 1 heterocycles. The molecule has 0 spiro atoms. The van der Waals surface area contributed by atoms with Gasteiger partial charge in [-0.05, 0) is 36.1 Å². The zero-order valence-corrected chi connectivity index (χ0v) is 13.3. The number of ether oxygens (including phenoxy) is 2. The van der Waals surface area contributed by atoms with E-state index in [0.29, 0.717) is 24.6 Å². The van der Waals surface area contributed by atoms with Crippen molar-refractivity contribution in [3.8, 4) is 11.5 Å². The van der Waals surface area contributed by atoms with Crippen LogP contribution in [0, 0.1) is 0 Å². The van der Waals surface area contributed by atoms with Gasteiger partial charge < -0.3 is 14.4 Å². The molecule has 0 aliphatic rings. The number of carbonyl (C=O) groups excluding carboxylic acids is 1. The van der Waals surface area contributed by atoms with Crippen LogP contribution in [0.4, 0.5) is 0 Å². The molecule has 0 saturated carbocycles. The standard InChI is InChI=1S/C16H19NO3S/c1-4-17(16(18)13-7-8-21-11-13)10-12-5-6-14(19-2)15(9-12)20-3/h5-9,11H,4,10H2,1-3H3. The molecule has 0 unspecified atom stereocenters. The third-order valence-electron chi connectivity index (χ3n) is 3.26. The van der Waals surface area contributed by atoms with Gasteiger partial charge in [-0.25, -0.2) is 0 Å². The minimum Gasteiger partial charge on any atom is -0.493 e. The van der Waals surface area contributed by atoms with Gasteiger partial charge in [-0.3, -0.25) is 4.79 Å². The van der Waals surface area contributed by atoms with Gasteiger partial charge in [-0.2, -0.15) is 11.3 Å². The van der Waals surface area contributed by atoms with Crippen molar-refractivity contribution in [2.45, 2.75) is 13.5 Å². The monoisotopic (exact) mass is 305 g/mol. The van der Waals surface area contributed by atoms with Crippen LogP contribution in [0.2, 0.25) is 0 Å². The van der Waals surface area contributed by atoms with Crippen LogP contribution < -0.4 is 9.47 Å². The predicted molar refractivity (Wildman–Crippen MR) is 84.3 cm³/mol. The third kappa shape index (κ3) is 3.55. The number of carbonyl (C=O) groups is 1. The van der Waals surface area contributed by atoms with Crippen molar-refractivity contribution in [3.63, 3.8) is 0 Å². The number of rotatable bonds is 6. The Balaban J connectivity index is 2.17. The largest absolute Gasteiger partial charge is 0.493 e. The molecule has 5 heteroatoms. The Hall–Kier alpha value is -2.01. The van der Waals surface area contributed by atoms with Crippen LogP contribution in [0.25, 0.3) is 0 Å². The van der Waals surface area contributed by atoms with Gasteiger partial charge in [0, 0.05) is 18.5 Å². The molecule has 1 amide bonds. The summed E-state index contributed by atoms with van der Waals surface area (Å²) >= 11 is 1.53. The minimum absolute atomic E-state index is 0.0496. The Labute approximate surface area is 128 Å². The van der Waals surface area contributed by atoms with Crippen LogP contribution in [0.5, 0.6) is 11.5 Å². The van der Waals surface area contributed by atoms with E-state index >= 15 is 0 Å². The first kappa shape index (κ1) is 15.4. The summed E-state index contributed by atoms with van der Waals surface area (Å²) in [5.41, 5.74) is 1.75. The zero-order chi connectivity index (χ0) is 15.2. The molecule has 2 aromatic rings. The molecule has 0 radical (unpaired) electrons. The van der Waals surface area contributed by atoms with Crippen molar-refractivity contribution in [1.29, 1.82) is 0 Å². The van der Waals surface area contributed by atoms with Crippen LogP contribution in [-0.4, -0.2) is 31.6 Å². The molecule has 21 heavy (non-hydrogen) atoms. The van der Waals surface area contributed by atoms with Crippen LogP contribution in [0.3, 0.4) is 0 Å². The van der Waals surface area contributed by atoms with Crippen molar-refractivity contribution in [1.82, 2.24) is 4.90 Å². The Kier molecular flexibility index (Phi) is 5.22. The fourth-order valence-electron chi connectivity index (χ4n) is 2.10. The quantitative estimate of drug-likeness (QED) is 0.821. The highest BCUT2D eigenvalue weighted by atomic mass is 32.1. The lowest BCUT2D eigenvalue weighted by atomic mass is 10.1. The second-order valence-electron chi connectivity index (χ2n) is 4.52. The Morgan fingerprint density at radius 2 is 1.95 bits per heavy atom. The van der Waals surface area contributed by atoms with Crippen LogP contribution >= 0.6 is 11.3 Å². The van der Waals surface area contributed by atoms with Gasteiger partial charge in [0.2, 0.25) is 0 Å². The van der Waals surface area contributed by atoms with E-state index in [-0.39, 0.29) is 5.91 Å². The average molecular weight is 305 g/mol. The van der Waals surface area contributed by atoms with E-state index in [1.54, 1.807) is 14.2 Å². The fourth-order valence-corrected chi connectivity index (χ4v) is 2.73. The summed E-state index contributed by atoms with van der Waals surface area (Å²) in [5.74, 6) is 1.41. The van der Waals surface area contributed by atoms with Crippen molar-refractivity contribution in [2.24, 2.45) is 0 Å². The second kappa shape index (κ2) is 7.13. The molecular weight excluding hydrogens is 286 g/mol. The van der Waals surface area contributed by atoms with E-state index in [1.165, 1.54) is 11.3 Å². The lowest BCUT2D eigenvalue weighted by Gasteiger charge is -2.21. The van der Waals surface area contributed by atoms with Gasteiger partial charge in [0.05, 0.1) is 19.8 Å². The molecule has 0 aliphatic carbocycles. The number of hydrogen-bond acceptors (Lipinski definition) is 4. The summed E-state index contributed by atoms with van der Waals surface area (Å²) in [4.78, 5) is 14.2. The summed E-state index contributed by atoms with van der Waals surface area (Å²) in [6, 6.07) is 7.56. The molecule has 0 atom stereocenters. The second-order valence-corrected chi connectivity index (χ2v) is 5.30. The molecular formula is C16H19NO3S. The lowest BCUT2D eigenvalue weighted by Crippen LogP contribution is -2.29. The van der Waals surface area contributed by atoms with Crippen molar-refractivity contribution in [3.05, 3.63) is 46.2 Å². The van der Waals surface area contributed by atoms with Crippen molar-refractivity contribution in [2.75, 3.05) is 20.8 Å².